The lowest BCUT2D eigenvalue weighted by Crippen LogP contribution is -2.49. The van der Waals surface area contributed by atoms with Crippen molar-refractivity contribution < 1.29 is 49.4 Å². The van der Waals surface area contributed by atoms with Crippen LogP contribution in [0.15, 0.2) is 70.9 Å². The number of carbonyl (C=O) groups excluding carboxylic acids is 2. The molecule has 5 N–H and O–H groups in total. The van der Waals surface area contributed by atoms with Crippen LogP contribution in [0.25, 0.3) is 0 Å². The van der Waals surface area contributed by atoms with Gasteiger partial charge < -0.3 is 44.8 Å². The van der Waals surface area contributed by atoms with E-state index in [0.717, 1.165) is 31.8 Å². The number of ether oxygens (including phenoxy) is 2. The Balaban J connectivity index is 1.14. The number of aliphatic hydroxyl groups excluding tert-OH is 2. The van der Waals surface area contributed by atoms with E-state index in [0.29, 0.717) is 77.8 Å². The van der Waals surface area contributed by atoms with Crippen LogP contribution in [-0.2, 0) is 30.7 Å². The molecule has 65 heavy (non-hydrogen) atoms. The number of amides is 2. The van der Waals surface area contributed by atoms with Crippen molar-refractivity contribution in [2.45, 2.75) is 175 Å². The zero-order valence-electron chi connectivity index (χ0n) is 39.6. The molecule has 0 aliphatic carbocycles. The molecule has 0 saturated carbocycles. The van der Waals surface area contributed by atoms with E-state index in [9.17, 15) is 39.9 Å². The zero-order chi connectivity index (χ0) is 47.4. The number of hydrogen-bond acceptors (Lipinski definition) is 9. The summed E-state index contributed by atoms with van der Waals surface area (Å²) in [5.41, 5.74) is 5.94. The first-order valence-corrected chi connectivity index (χ1v) is 23.3. The third kappa shape index (κ3) is 11.2. The Labute approximate surface area is 384 Å². The molecule has 0 radical (unpaired) electrons. The molecule has 0 aromatic heterocycles. The fourth-order valence-electron chi connectivity index (χ4n) is 9.57. The number of phenols is 2. The number of aromatic hydroxyl groups is 2. The number of carboxylic acid groups (broad SMARTS) is 1. The Morgan fingerprint density at radius 2 is 1.20 bits per heavy atom. The van der Waals surface area contributed by atoms with Gasteiger partial charge in [-0.3, -0.25) is 9.59 Å². The van der Waals surface area contributed by atoms with Gasteiger partial charge in [-0.15, -0.1) is 0 Å². The smallest absolute Gasteiger partial charge is 0.328 e. The second-order valence-electron chi connectivity index (χ2n) is 19.6. The lowest BCUT2D eigenvalue weighted by Gasteiger charge is -2.41. The van der Waals surface area contributed by atoms with Gasteiger partial charge in [0.15, 0.2) is 0 Å². The SMILES string of the molecule is CC(C)=CCC/C(C)=C/CC[C@@]1(C)Oc2c(c(O)cc3c2CN(CCC[C@@H](/C=C/C(=O)O)N2Cc4c(cc(O)c5c4O[C@](C)(CC/C=C(\C)CCC=C(C)C)[C@@H](O)C5)C2=O)C3=O)C[C@@H]1O. The maximum Gasteiger partial charge on any atom is 0.328 e. The number of phenolic OH excluding ortho intramolecular Hbond substituents is 2. The topological polar surface area (TPSA) is 177 Å². The Morgan fingerprint density at radius 1 is 0.723 bits per heavy atom. The highest BCUT2D eigenvalue weighted by molar-refractivity contribution is 6.01. The third-order valence-electron chi connectivity index (χ3n) is 13.7. The minimum absolute atomic E-state index is 0.0965. The van der Waals surface area contributed by atoms with Crippen molar-refractivity contribution in [2.24, 2.45) is 0 Å². The maximum atomic E-state index is 14.1. The van der Waals surface area contributed by atoms with Crippen LogP contribution < -0.4 is 9.47 Å². The standard InChI is InChI=1S/C53H70N2O10/c1-32(2)14-9-16-34(5)18-11-23-52(7)45(58)28-39-43(56)26-37-41(48(39)64-52)30-54(50(37)62)25-13-20-36(21-22-47(60)61)55-31-42-38(51(55)63)27-44(57)40-29-46(59)53(8,65-49(40)42)24-12-19-35(6)17-10-15-33(3)4/h14-15,18-19,21-22,26-27,36,45-46,56-59H,9-13,16-17,20,23-25,28-31H2,1-8H3,(H,60,61)/b22-21+,34-18+,35-19+/t36-,45-,46-,52+,53+/m0/s1. The summed E-state index contributed by atoms with van der Waals surface area (Å²) in [5.74, 6) is -1.23. The van der Waals surface area contributed by atoms with Crippen LogP contribution >= 0.6 is 0 Å². The monoisotopic (exact) mass is 895 g/mol. The number of fused-ring (bicyclic) bond motifs is 6. The van der Waals surface area contributed by atoms with Crippen molar-refractivity contribution in [3.63, 3.8) is 0 Å². The fourth-order valence-corrected chi connectivity index (χ4v) is 9.57. The molecule has 2 amide bonds. The Kier molecular flexibility index (Phi) is 15.5. The first kappa shape index (κ1) is 49.1. The van der Waals surface area contributed by atoms with E-state index in [1.165, 1.54) is 40.5 Å². The van der Waals surface area contributed by atoms with Gasteiger partial charge in [0.05, 0.1) is 42.5 Å². The van der Waals surface area contributed by atoms with E-state index in [2.05, 4.69) is 65.8 Å². The molecule has 352 valence electrons. The molecule has 0 bridgehead atoms. The van der Waals surface area contributed by atoms with Gasteiger partial charge in [-0.2, -0.15) is 0 Å². The highest BCUT2D eigenvalue weighted by Gasteiger charge is 2.46. The molecular formula is C53H70N2O10. The van der Waals surface area contributed by atoms with E-state index < -0.39 is 35.4 Å². The van der Waals surface area contributed by atoms with Crippen molar-refractivity contribution in [1.82, 2.24) is 9.80 Å². The third-order valence-corrected chi connectivity index (χ3v) is 13.7. The molecule has 4 aliphatic rings. The summed E-state index contributed by atoms with van der Waals surface area (Å²) < 4.78 is 13.2. The fraction of sp³-hybridized carbons (Fsp3) is 0.528. The van der Waals surface area contributed by atoms with E-state index in [-0.39, 0.29) is 61.4 Å². The molecule has 2 aromatic rings. The summed E-state index contributed by atoms with van der Waals surface area (Å²) >= 11 is 0. The zero-order valence-corrected chi connectivity index (χ0v) is 39.6. The quantitative estimate of drug-likeness (QED) is 0.0674. The van der Waals surface area contributed by atoms with Gasteiger partial charge in [0.1, 0.15) is 34.2 Å². The van der Waals surface area contributed by atoms with Crippen LogP contribution in [0.1, 0.15) is 163 Å². The predicted molar refractivity (Wildman–Crippen MR) is 251 cm³/mol. The molecule has 2 aromatic carbocycles. The van der Waals surface area contributed by atoms with Crippen LogP contribution in [0.5, 0.6) is 23.0 Å². The number of hydrogen-bond donors (Lipinski definition) is 5. The molecule has 12 heteroatoms. The first-order chi connectivity index (χ1) is 30.7. The van der Waals surface area contributed by atoms with Crippen molar-refractivity contribution in [1.29, 1.82) is 0 Å². The number of carboxylic acids is 1. The van der Waals surface area contributed by atoms with Gasteiger partial charge in [-0.25, -0.2) is 4.79 Å². The molecule has 0 fully saturated rings. The molecule has 6 rings (SSSR count). The number of benzene rings is 2. The molecule has 0 spiro atoms. The highest BCUT2D eigenvalue weighted by Crippen LogP contribution is 2.48. The number of allylic oxidation sites excluding steroid dienone is 8. The van der Waals surface area contributed by atoms with Crippen LogP contribution in [0.3, 0.4) is 0 Å². The van der Waals surface area contributed by atoms with Gasteiger partial charge in [-0.05, 0) is 132 Å². The lowest BCUT2D eigenvalue weighted by molar-refractivity contribution is -0.131. The van der Waals surface area contributed by atoms with Crippen LogP contribution in [0.4, 0.5) is 0 Å². The van der Waals surface area contributed by atoms with Crippen molar-refractivity contribution in [3.8, 4) is 23.0 Å². The summed E-state index contributed by atoms with van der Waals surface area (Å²) in [6.45, 7) is 16.9. The summed E-state index contributed by atoms with van der Waals surface area (Å²) in [4.78, 5) is 43.0. The normalized spacial score (nSPS) is 23.1. The molecule has 0 saturated heterocycles. The van der Waals surface area contributed by atoms with Crippen molar-refractivity contribution in [3.05, 3.63) is 104 Å². The number of nitrogens with zero attached hydrogens (tertiary/aromatic N) is 2. The Morgan fingerprint density at radius 3 is 1.68 bits per heavy atom. The number of aliphatic hydroxyl groups is 2. The van der Waals surface area contributed by atoms with Gasteiger partial charge in [0, 0.05) is 47.7 Å². The number of carbonyl (C=O) groups is 3. The maximum absolute atomic E-state index is 14.1. The van der Waals surface area contributed by atoms with E-state index in [4.69, 9.17) is 9.47 Å². The lowest BCUT2D eigenvalue weighted by atomic mass is 9.84. The average Bonchev–Trinajstić information content (AvgIpc) is 3.72. The Hall–Kier alpha value is -5.33. The van der Waals surface area contributed by atoms with Gasteiger partial charge in [-0.1, -0.05) is 52.7 Å². The molecule has 12 nitrogen and oxygen atoms in total. The number of rotatable bonds is 19. The predicted octanol–water partition coefficient (Wildman–Crippen LogP) is 9.55. The summed E-state index contributed by atoms with van der Waals surface area (Å²) in [5, 5.41) is 54.4. The second-order valence-corrected chi connectivity index (χ2v) is 19.6. The summed E-state index contributed by atoms with van der Waals surface area (Å²) in [6, 6.07) is 2.20. The molecule has 4 heterocycles. The van der Waals surface area contributed by atoms with E-state index in [1.807, 2.05) is 13.8 Å². The first-order valence-electron chi connectivity index (χ1n) is 23.3. The average molecular weight is 895 g/mol. The molecule has 5 atom stereocenters. The minimum atomic E-state index is -1.17. The molecule has 4 aliphatic heterocycles. The largest absolute Gasteiger partial charge is 0.508 e. The number of aliphatic carboxylic acids is 1. The van der Waals surface area contributed by atoms with Gasteiger partial charge in [0.2, 0.25) is 0 Å². The Bertz CT molecular complexity index is 2310. The van der Waals surface area contributed by atoms with Crippen LogP contribution in [-0.4, -0.2) is 89.1 Å². The summed E-state index contributed by atoms with van der Waals surface area (Å²) in [7, 11) is 0. The van der Waals surface area contributed by atoms with Gasteiger partial charge >= 0.3 is 5.97 Å². The minimum Gasteiger partial charge on any atom is -0.508 e. The van der Waals surface area contributed by atoms with Crippen molar-refractivity contribution in [2.75, 3.05) is 6.54 Å². The van der Waals surface area contributed by atoms with Crippen LogP contribution in [0, 0.1) is 0 Å². The summed E-state index contributed by atoms with van der Waals surface area (Å²) in [6.07, 6.45) is 16.9. The van der Waals surface area contributed by atoms with E-state index >= 15 is 0 Å². The highest BCUT2D eigenvalue weighted by atomic mass is 16.5. The second kappa shape index (κ2) is 20.5. The van der Waals surface area contributed by atoms with Crippen molar-refractivity contribution >= 4 is 17.8 Å². The molecule has 0 unspecified atom stereocenters. The van der Waals surface area contributed by atoms with E-state index in [1.54, 1.807) is 9.80 Å². The van der Waals surface area contributed by atoms with Crippen LogP contribution in [0.2, 0.25) is 0 Å². The van der Waals surface area contributed by atoms with Gasteiger partial charge in [0.25, 0.3) is 11.8 Å². The molecular weight excluding hydrogens is 825 g/mol.